The third-order valence-electron chi connectivity index (χ3n) is 4.04. The molecule has 0 saturated heterocycles. The number of nitrogens with zero attached hydrogens (tertiary/aromatic N) is 2. The van der Waals surface area contributed by atoms with Crippen LogP contribution in [0.5, 0.6) is 5.75 Å². The summed E-state index contributed by atoms with van der Waals surface area (Å²) < 4.78 is 18.5. The number of carbonyl (C=O) groups is 2. The molecule has 0 unspecified atom stereocenters. The van der Waals surface area contributed by atoms with E-state index in [1.54, 1.807) is 24.1 Å². The molecule has 0 aliphatic carbocycles. The lowest BCUT2D eigenvalue weighted by Crippen LogP contribution is -2.33. The van der Waals surface area contributed by atoms with Gasteiger partial charge in [-0.1, -0.05) is 19.9 Å². The zero-order valence-corrected chi connectivity index (χ0v) is 16.2. The number of carbonyl (C=O) groups excluding carboxylic acids is 2. The fourth-order valence-electron chi connectivity index (χ4n) is 2.62. The Bertz CT molecular complexity index is 560. The van der Waals surface area contributed by atoms with Crippen LogP contribution >= 0.6 is 0 Å². The van der Waals surface area contributed by atoms with Crippen molar-refractivity contribution < 1.29 is 18.7 Å². The van der Waals surface area contributed by atoms with Crippen LogP contribution in [0, 0.1) is 5.82 Å². The molecule has 0 saturated carbocycles. The summed E-state index contributed by atoms with van der Waals surface area (Å²) in [5.41, 5.74) is 0. The van der Waals surface area contributed by atoms with Crippen LogP contribution in [0.1, 0.15) is 46.0 Å². The lowest BCUT2D eigenvalue weighted by Gasteiger charge is -2.22. The van der Waals surface area contributed by atoms with Crippen LogP contribution in [0.15, 0.2) is 24.3 Å². The van der Waals surface area contributed by atoms with Crippen molar-refractivity contribution in [3.63, 3.8) is 0 Å². The van der Waals surface area contributed by atoms with Crippen LogP contribution in [0.2, 0.25) is 0 Å². The summed E-state index contributed by atoms with van der Waals surface area (Å²) in [5.74, 6) is 0.205. The summed E-state index contributed by atoms with van der Waals surface area (Å²) in [4.78, 5) is 27.8. The Labute approximate surface area is 156 Å². The van der Waals surface area contributed by atoms with E-state index in [4.69, 9.17) is 4.74 Å². The van der Waals surface area contributed by atoms with Gasteiger partial charge < -0.3 is 14.5 Å². The van der Waals surface area contributed by atoms with E-state index in [-0.39, 0.29) is 17.6 Å². The highest BCUT2D eigenvalue weighted by molar-refractivity contribution is 5.78. The van der Waals surface area contributed by atoms with E-state index in [1.807, 2.05) is 4.90 Å². The number of likely N-dealkylation sites (N-methyl/N-ethyl adjacent to an activating group) is 1. The first-order chi connectivity index (χ1) is 12.5. The molecule has 2 amide bonds. The predicted octanol–water partition coefficient (Wildman–Crippen LogP) is 3.48. The first kappa shape index (κ1) is 21.9. The van der Waals surface area contributed by atoms with Crippen molar-refractivity contribution >= 4 is 11.8 Å². The van der Waals surface area contributed by atoms with Gasteiger partial charge in [-0.25, -0.2) is 4.39 Å². The van der Waals surface area contributed by atoms with E-state index in [0.717, 1.165) is 25.9 Å². The Balaban J connectivity index is 2.26. The van der Waals surface area contributed by atoms with Gasteiger partial charge >= 0.3 is 0 Å². The molecule has 0 fully saturated rings. The van der Waals surface area contributed by atoms with Gasteiger partial charge in [0.15, 0.2) is 0 Å². The zero-order chi connectivity index (χ0) is 19.4. The van der Waals surface area contributed by atoms with E-state index in [0.29, 0.717) is 38.2 Å². The second-order valence-electron chi connectivity index (χ2n) is 6.36. The summed E-state index contributed by atoms with van der Waals surface area (Å²) in [7, 11) is 1.71. The van der Waals surface area contributed by atoms with Gasteiger partial charge in [-0.2, -0.15) is 0 Å². The van der Waals surface area contributed by atoms with Crippen LogP contribution in [0.25, 0.3) is 0 Å². The number of hydrogen-bond acceptors (Lipinski definition) is 3. The molecule has 5 nitrogen and oxygen atoms in total. The molecule has 0 aromatic heterocycles. The maximum absolute atomic E-state index is 13.1. The highest BCUT2D eigenvalue weighted by atomic mass is 19.1. The first-order valence-electron chi connectivity index (χ1n) is 9.38. The number of rotatable bonds is 12. The zero-order valence-electron chi connectivity index (χ0n) is 16.2. The molecular weight excluding hydrogens is 335 g/mol. The summed E-state index contributed by atoms with van der Waals surface area (Å²) >= 11 is 0. The molecule has 26 heavy (non-hydrogen) atoms. The van der Waals surface area contributed by atoms with Crippen LogP contribution < -0.4 is 4.74 Å². The van der Waals surface area contributed by atoms with Gasteiger partial charge in [-0.05, 0) is 31.4 Å². The van der Waals surface area contributed by atoms with Crippen molar-refractivity contribution in [3.05, 3.63) is 30.1 Å². The number of hydrogen-bond donors (Lipinski definition) is 0. The smallest absolute Gasteiger partial charge is 0.222 e. The Hall–Kier alpha value is -2.11. The minimum Gasteiger partial charge on any atom is -0.492 e. The third kappa shape index (κ3) is 8.32. The molecule has 0 radical (unpaired) electrons. The Morgan fingerprint density at radius 3 is 2.31 bits per heavy atom. The van der Waals surface area contributed by atoms with Crippen LogP contribution in [-0.4, -0.2) is 54.9 Å². The highest BCUT2D eigenvalue weighted by Crippen LogP contribution is 2.12. The van der Waals surface area contributed by atoms with E-state index in [1.165, 1.54) is 12.1 Å². The summed E-state index contributed by atoms with van der Waals surface area (Å²) in [6.07, 6.45) is 3.18. The average Bonchev–Trinajstić information content (AvgIpc) is 2.61. The fourth-order valence-corrected chi connectivity index (χ4v) is 2.62. The SMILES string of the molecule is CCCN(CCC)C(=O)CCCC(=O)N(C)CCOc1cccc(F)c1. The van der Waals surface area contributed by atoms with Gasteiger partial charge in [0.25, 0.3) is 0 Å². The maximum atomic E-state index is 13.1. The molecule has 6 heteroatoms. The van der Waals surface area contributed by atoms with E-state index < -0.39 is 0 Å². The standard InChI is InChI=1S/C20H31FN2O3/c1-4-12-23(13-5-2)20(25)11-7-10-19(24)22(3)14-15-26-18-9-6-8-17(21)16-18/h6,8-9,16H,4-5,7,10-15H2,1-3H3. The molecule has 1 aromatic rings. The molecule has 0 aliphatic heterocycles. The lowest BCUT2D eigenvalue weighted by atomic mass is 10.2. The monoisotopic (exact) mass is 366 g/mol. The quantitative estimate of drug-likeness (QED) is 0.569. The van der Waals surface area contributed by atoms with Gasteiger partial charge in [-0.3, -0.25) is 9.59 Å². The predicted molar refractivity (Wildman–Crippen MR) is 101 cm³/mol. The molecule has 0 bridgehead atoms. The minimum absolute atomic E-state index is 0.0156. The maximum Gasteiger partial charge on any atom is 0.222 e. The molecular formula is C20H31FN2O3. The summed E-state index contributed by atoms with van der Waals surface area (Å²) in [6.45, 7) is 6.38. The average molecular weight is 366 g/mol. The van der Waals surface area contributed by atoms with Crippen molar-refractivity contribution in [2.45, 2.75) is 46.0 Å². The molecule has 0 aliphatic rings. The van der Waals surface area contributed by atoms with Crippen molar-refractivity contribution in [2.75, 3.05) is 33.3 Å². The Morgan fingerprint density at radius 2 is 1.69 bits per heavy atom. The molecule has 1 aromatic carbocycles. The normalized spacial score (nSPS) is 10.5. The van der Waals surface area contributed by atoms with Crippen LogP contribution in [0.4, 0.5) is 4.39 Å². The molecule has 0 heterocycles. The van der Waals surface area contributed by atoms with Gasteiger partial charge in [0.2, 0.25) is 11.8 Å². The fraction of sp³-hybridized carbons (Fsp3) is 0.600. The Kier molecular flexibility index (Phi) is 10.4. The highest BCUT2D eigenvalue weighted by Gasteiger charge is 2.14. The number of benzene rings is 1. The minimum atomic E-state index is -0.350. The first-order valence-corrected chi connectivity index (χ1v) is 9.38. The molecule has 1 rings (SSSR count). The summed E-state index contributed by atoms with van der Waals surface area (Å²) in [6, 6.07) is 5.92. The topological polar surface area (TPSA) is 49.9 Å². The van der Waals surface area contributed by atoms with Crippen molar-refractivity contribution in [1.82, 2.24) is 9.80 Å². The van der Waals surface area contributed by atoms with E-state index in [9.17, 15) is 14.0 Å². The van der Waals surface area contributed by atoms with Crippen LogP contribution in [0.3, 0.4) is 0 Å². The van der Waals surface area contributed by atoms with Gasteiger partial charge in [0.1, 0.15) is 18.2 Å². The van der Waals surface area contributed by atoms with Gasteiger partial charge in [-0.15, -0.1) is 0 Å². The molecule has 0 spiro atoms. The van der Waals surface area contributed by atoms with Gasteiger partial charge in [0.05, 0.1) is 6.54 Å². The lowest BCUT2D eigenvalue weighted by molar-refractivity contribution is -0.132. The number of halogens is 1. The third-order valence-corrected chi connectivity index (χ3v) is 4.04. The van der Waals surface area contributed by atoms with Crippen molar-refractivity contribution in [2.24, 2.45) is 0 Å². The van der Waals surface area contributed by atoms with E-state index in [2.05, 4.69) is 13.8 Å². The largest absolute Gasteiger partial charge is 0.492 e. The molecule has 0 atom stereocenters. The Morgan fingerprint density at radius 1 is 1.04 bits per heavy atom. The van der Waals surface area contributed by atoms with Crippen LogP contribution in [-0.2, 0) is 9.59 Å². The second-order valence-corrected chi connectivity index (χ2v) is 6.36. The number of amides is 2. The summed E-state index contributed by atoms with van der Waals surface area (Å²) in [5, 5.41) is 0. The van der Waals surface area contributed by atoms with Crippen molar-refractivity contribution in [1.29, 1.82) is 0 Å². The molecule has 146 valence electrons. The molecule has 0 N–H and O–H groups in total. The van der Waals surface area contributed by atoms with E-state index >= 15 is 0 Å². The number of ether oxygens (including phenoxy) is 1. The van der Waals surface area contributed by atoms with Gasteiger partial charge in [0, 0.05) is 39.0 Å². The second kappa shape index (κ2) is 12.3. The van der Waals surface area contributed by atoms with Crippen molar-refractivity contribution in [3.8, 4) is 5.75 Å².